The van der Waals surface area contributed by atoms with E-state index < -0.39 is 0 Å². The quantitative estimate of drug-likeness (QED) is 0.497. The average Bonchev–Trinajstić information content (AvgIpc) is 2.81. The largest absolute Gasteiger partial charge is 0.453 e. The second-order valence-corrected chi connectivity index (χ2v) is 5.26. The maximum Gasteiger partial charge on any atom is 0.229 e. The molecule has 0 N–H and O–H groups in total. The summed E-state index contributed by atoms with van der Waals surface area (Å²) in [6, 6.07) is 13.2. The van der Waals surface area contributed by atoms with Crippen molar-refractivity contribution in [2.24, 2.45) is 0 Å². The lowest BCUT2D eigenvalue weighted by molar-refractivity contribution is 0.101. The van der Waals surface area contributed by atoms with Crippen LogP contribution in [0.3, 0.4) is 0 Å². The Morgan fingerprint density at radius 3 is 2.63 bits per heavy atom. The summed E-state index contributed by atoms with van der Waals surface area (Å²) in [5.41, 5.74) is 1.11. The van der Waals surface area contributed by atoms with Crippen LogP contribution in [0.15, 0.2) is 52.9 Å². The summed E-state index contributed by atoms with van der Waals surface area (Å²) in [7, 11) is 0. The highest BCUT2D eigenvalue weighted by atomic mass is 127. The van der Waals surface area contributed by atoms with Crippen LogP contribution in [-0.2, 0) is 0 Å². The zero-order valence-corrected chi connectivity index (χ0v) is 11.8. The Morgan fingerprint density at radius 1 is 1.11 bits per heavy atom. The van der Waals surface area contributed by atoms with Gasteiger partial charge in [-0.05, 0) is 52.9 Å². The predicted molar refractivity (Wildman–Crippen MR) is 78.8 cm³/mol. The molecule has 0 aliphatic heterocycles. The lowest BCUT2D eigenvalue weighted by atomic mass is 10.1. The average molecular weight is 366 g/mol. The first kappa shape index (κ1) is 12.3. The molecular formula is C15H8FIO2. The molecule has 3 rings (SSSR count). The molecule has 0 saturated carbocycles. The SMILES string of the molecule is O=C(c1cc2ccccc2o1)c1ccc(F)cc1I. The standard InChI is InChI=1S/C15H8FIO2/c16-10-5-6-11(12(17)8-10)15(18)14-7-9-3-1-2-4-13(9)19-14/h1-8H. The van der Waals surface area contributed by atoms with E-state index in [0.717, 1.165) is 5.39 Å². The Kier molecular flexibility index (Phi) is 3.10. The highest BCUT2D eigenvalue weighted by molar-refractivity contribution is 14.1. The summed E-state index contributed by atoms with van der Waals surface area (Å²) in [5, 5.41) is 0.878. The van der Waals surface area contributed by atoms with Crippen molar-refractivity contribution in [3.8, 4) is 0 Å². The molecule has 0 amide bonds. The Balaban J connectivity index is 2.08. The maximum absolute atomic E-state index is 13.0. The molecule has 0 aliphatic rings. The number of carbonyl (C=O) groups is 1. The van der Waals surface area contributed by atoms with Crippen LogP contribution >= 0.6 is 22.6 Å². The molecule has 0 fully saturated rings. The number of furan rings is 1. The van der Waals surface area contributed by atoms with Crippen LogP contribution in [0.25, 0.3) is 11.0 Å². The molecule has 3 aromatic rings. The molecule has 1 aromatic heterocycles. The highest BCUT2D eigenvalue weighted by Gasteiger charge is 2.17. The third-order valence-corrected chi connectivity index (χ3v) is 3.72. The first-order valence-corrected chi connectivity index (χ1v) is 6.71. The second-order valence-electron chi connectivity index (χ2n) is 4.10. The summed E-state index contributed by atoms with van der Waals surface area (Å²) < 4.78 is 19.1. The van der Waals surface area contributed by atoms with Crippen LogP contribution in [0.1, 0.15) is 16.1 Å². The number of halogens is 2. The first-order valence-electron chi connectivity index (χ1n) is 5.63. The molecule has 0 atom stereocenters. The fourth-order valence-corrected chi connectivity index (χ4v) is 2.62. The van der Waals surface area contributed by atoms with Gasteiger partial charge in [-0.2, -0.15) is 0 Å². The van der Waals surface area contributed by atoms with Gasteiger partial charge in [0.15, 0.2) is 5.76 Å². The van der Waals surface area contributed by atoms with E-state index >= 15 is 0 Å². The number of fused-ring (bicyclic) bond motifs is 1. The molecule has 0 spiro atoms. The minimum atomic E-state index is -0.356. The van der Waals surface area contributed by atoms with Crippen LogP contribution in [-0.4, -0.2) is 5.78 Å². The van der Waals surface area contributed by atoms with Crippen molar-refractivity contribution >= 4 is 39.3 Å². The van der Waals surface area contributed by atoms with Crippen molar-refractivity contribution < 1.29 is 13.6 Å². The molecule has 0 radical (unpaired) electrons. The van der Waals surface area contributed by atoms with E-state index in [1.54, 1.807) is 6.07 Å². The third kappa shape index (κ3) is 2.28. The number of para-hydroxylation sites is 1. The van der Waals surface area contributed by atoms with Gasteiger partial charge in [0.1, 0.15) is 11.4 Å². The number of rotatable bonds is 2. The van der Waals surface area contributed by atoms with Gasteiger partial charge in [-0.25, -0.2) is 4.39 Å². The fraction of sp³-hybridized carbons (Fsp3) is 0. The van der Waals surface area contributed by atoms with Crippen LogP contribution in [0.5, 0.6) is 0 Å². The van der Waals surface area contributed by atoms with Gasteiger partial charge >= 0.3 is 0 Å². The third-order valence-electron chi connectivity index (χ3n) is 2.83. The Morgan fingerprint density at radius 2 is 1.89 bits per heavy atom. The number of hydrogen-bond acceptors (Lipinski definition) is 2. The van der Waals surface area contributed by atoms with Crippen LogP contribution in [0.2, 0.25) is 0 Å². The lowest BCUT2D eigenvalue weighted by Crippen LogP contribution is -2.02. The zero-order valence-electron chi connectivity index (χ0n) is 9.69. The monoisotopic (exact) mass is 366 g/mol. The zero-order chi connectivity index (χ0) is 13.4. The van der Waals surface area contributed by atoms with E-state index in [1.807, 2.05) is 46.9 Å². The van der Waals surface area contributed by atoms with Crippen molar-refractivity contribution in [1.82, 2.24) is 0 Å². The van der Waals surface area contributed by atoms with Crippen LogP contribution < -0.4 is 0 Å². The van der Waals surface area contributed by atoms with Gasteiger partial charge in [0.05, 0.1) is 0 Å². The van der Waals surface area contributed by atoms with Crippen LogP contribution in [0.4, 0.5) is 4.39 Å². The number of benzene rings is 2. The predicted octanol–water partition coefficient (Wildman–Crippen LogP) is 4.41. The lowest BCUT2D eigenvalue weighted by Gasteiger charge is -2.01. The molecule has 0 aliphatic carbocycles. The van der Waals surface area contributed by atoms with Gasteiger partial charge in [0.25, 0.3) is 0 Å². The van der Waals surface area contributed by atoms with Crippen molar-refractivity contribution in [2.45, 2.75) is 0 Å². The number of ketones is 1. The molecule has 2 aromatic carbocycles. The van der Waals surface area contributed by atoms with Crippen molar-refractivity contribution in [3.05, 3.63) is 69.2 Å². The van der Waals surface area contributed by atoms with Gasteiger partial charge in [-0.3, -0.25) is 4.79 Å². The minimum Gasteiger partial charge on any atom is -0.453 e. The molecular weight excluding hydrogens is 358 g/mol. The molecule has 0 saturated heterocycles. The molecule has 94 valence electrons. The summed E-state index contributed by atoms with van der Waals surface area (Å²) in [6.07, 6.45) is 0. The maximum atomic E-state index is 13.0. The Hall–Kier alpha value is -1.69. The minimum absolute atomic E-state index is 0.236. The summed E-state index contributed by atoms with van der Waals surface area (Å²) in [6.45, 7) is 0. The first-order chi connectivity index (χ1) is 9.15. The number of carbonyl (C=O) groups excluding carboxylic acids is 1. The summed E-state index contributed by atoms with van der Waals surface area (Å²) in [5.74, 6) is -0.322. The molecule has 1 heterocycles. The van der Waals surface area contributed by atoms with E-state index in [-0.39, 0.29) is 17.4 Å². The van der Waals surface area contributed by atoms with Gasteiger partial charge in [0.2, 0.25) is 5.78 Å². The summed E-state index contributed by atoms with van der Waals surface area (Å²) in [4.78, 5) is 12.3. The van der Waals surface area contributed by atoms with Gasteiger partial charge in [0, 0.05) is 14.5 Å². The highest BCUT2D eigenvalue weighted by Crippen LogP contribution is 2.23. The molecule has 2 nitrogen and oxygen atoms in total. The Bertz CT molecular complexity index is 744. The van der Waals surface area contributed by atoms with E-state index in [0.29, 0.717) is 14.7 Å². The topological polar surface area (TPSA) is 30.2 Å². The summed E-state index contributed by atoms with van der Waals surface area (Å²) >= 11 is 1.94. The molecule has 4 heteroatoms. The number of hydrogen-bond donors (Lipinski definition) is 0. The van der Waals surface area contributed by atoms with E-state index in [2.05, 4.69) is 0 Å². The van der Waals surface area contributed by atoms with Gasteiger partial charge in [-0.1, -0.05) is 18.2 Å². The van der Waals surface area contributed by atoms with Gasteiger partial charge < -0.3 is 4.42 Å². The van der Waals surface area contributed by atoms with E-state index in [1.165, 1.54) is 18.2 Å². The van der Waals surface area contributed by atoms with Crippen LogP contribution in [0, 0.1) is 9.39 Å². The van der Waals surface area contributed by atoms with Crippen molar-refractivity contribution in [2.75, 3.05) is 0 Å². The van der Waals surface area contributed by atoms with Gasteiger partial charge in [-0.15, -0.1) is 0 Å². The Labute approximate surface area is 122 Å². The smallest absolute Gasteiger partial charge is 0.229 e. The molecule has 0 unspecified atom stereocenters. The van der Waals surface area contributed by atoms with E-state index in [9.17, 15) is 9.18 Å². The van der Waals surface area contributed by atoms with E-state index in [4.69, 9.17) is 4.42 Å². The molecule has 0 bridgehead atoms. The molecule has 19 heavy (non-hydrogen) atoms. The van der Waals surface area contributed by atoms with Crippen molar-refractivity contribution in [1.29, 1.82) is 0 Å². The second kappa shape index (κ2) is 4.77. The normalized spacial score (nSPS) is 10.8. The van der Waals surface area contributed by atoms with Crippen molar-refractivity contribution in [3.63, 3.8) is 0 Å². The fourth-order valence-electron chi connectivity index (χ4n) is 1.90.